The zero-order chi connectivity index (χ0) is 7.56. The lowest BCUT2D eigenvalue weighted by Crippen LogP contribution is -1.95. The van der Waals surface area contributed by atoms with Crippen LogP contribution in [0.15, 0.2) is 6.20 Å². The minimum absolute atomic E-state index is 0.342. The standard InChI is InChI=1S/C7H9N3/c1-6-5-10(4-3-8)9-7(6)2/h5H,4H2,1-2H3. The molecule has 0 aliphatic heterocycles. The van der Waals surface area contributed by atoms with Crippen LogP contribution in [-0.4, -0.2) is 9.78 Å². The van der Waals surface area contributed by atoms with Gasteiger partial charge in [-0.15, -0.1) is 0 Å². The summed E-state index contributed by atoms with van der Waals surface area (Å²) >= 11 is 0. The molecule has 0 aliphatic rings. The minimum atomic E-state index is 0.342. The van der Waals surface area contributed by atoms with Crippen LogP contribution < -0.4 is 0 Å². The van der Waals surface area contributed by atoms with Crippen molar-refractivity contribution in [1.82, 2.24) is 9.78 Å². The van der Waals surface area contributed by atoms with Crippen molar-refractivity contribution in [3.05, 3.63) is 17.5 Å². The number of rotatable bonds is 1. The van der Waals surface area contributed by atoms with E-state index in [0.29, 0.717) is 6.54 Å². The van der Waals surface area contributed by atoms with Crippen LogP contribution in [-0.2, 0) is 6.54 Å². The van der Waals surface area contributed by atoms with Gasteiger partial charge in [-0.25, -0.2) is 0 Å². The Morgan fingerprint density at radius 2 is 2.40 bits per heavy atom. The summed E-state index contributed by atoms with van der Waals surface area (Å²) in [6, 6.07) is 2.02. The van der Waals surface area contributed by atoms with Crippen LogP contribution in [0.5, 0.6) is 0 Å². The van der Waals surface area contributed by atoms with Crippen molar-refractivity contribution in [1.29, 1.82) is 5.26 Å². The largest absolute Gasteiger partial charge is 0.258 e. The van der Waals surface area contributed by atoms with Gasteiger partial charge < -0.3 is 0 Å². The van der Waals surface area contributed by atoms with E-state index in [1.165, 1.54) is 0 Å². The summed E-state index contributed by atoms with van der Waals surface area (Å²) in [4.78, 5) is 0. The van der Waals surface area contributed by atoms with Crippen molar-refractivity contribution in [2.75, 3.05) is 0 Å². The number of hydrogen-bond acceptors (Lipinski definition) is 2. The van der Waals surface area contributed by atoms with E-state index in [9.17, 15) is 0 Å². The van der Waals surface area contributed by atoms with Gasteiger partial charge >= 0.3 is 0 Å². The van der Waals surface area contributed by atoms with E-state index in [4.69, 9.17) is 5.26 Å². The molecule has 52 valence electrons. The van der Waals surface area contributed by atoms with Crippen LogP contribution in [0.25, 0.3) is 0 Å². The van der Waals surface area contributed by atoms with E-state index in [1.807, 2.05) is 26.1 Å². The van der Waals surface area contributed by atoms with Gasteiger partial charge in [-0.3, -0.25) is 4.68 Å². The fourth-order valence-corrected chi connectivity index (χ4v) is 0.771. The van der Waals surface area contributed by atoms with Crippen LogP contribution in [0.2, 0.25) is 0 Å². The van der Waals surface area contributed by atoms with Crippen molar-refractivity contribution < 1.29 is 0 Å². The molecular formula is C7H9N3. The molecule has 3 heteroatoms. The molecule has 1 rings (SSSR count). The molecule has 0 amide bonds. The lowest BCUT2D eigenvalue weighted by molar-refractivity contribution is 0.701. The molecule has 0 aliphatic carbocycles. The molecule has 0 aromatic carbocycles. The number of nitriles is 1. The third kappa shape index (κ3) is 1.16. The third-order valence-electron chi connectivity index (χ3n) is 1.42. The Labute approximate surface area is 59.9 Å². The van der Waals surface area contributed by atoms with Crippen LogP contribution in [0.3, 0.4) is 0 Å². The average molecular weight is 135 g/mol. The highest BCUT2D eigenvalue weighted by Crippen LogP contribution is 2.01. The van der Waals surface area contributed by atoms with Crippen LogP contribution >= 0.6 is 0 Å². The number of aryl methyl sites for hydroxylation is 2. The predicted molar refractivity (Wildman–Crippen MR) is 37.3 cm³/mol. The summed E-state index contributed by atoms with van der Waals surface area (Å²) in [7, 11) is 0. The van der Waals surface area contributed by atoms with Crippen LogP contribution in [0.4, 0.5) is 0 Å². The predicted octanol–water partition coefficient (Wildman–Crippen LogP) is 1.02. The molecule has 0 unspecified atom stereocenters. The molecule has 0 N–H and O–H groups in total. The summed E-state index contributed by atoms with van der Waals surface area (Å²) in [5, 5.41) is 12.4. The van der Waals surface area contributed by atoms with Gasteiger partial charge in [0, 0.05) is 6.20 Å². The molecule has 1 heterocycles. The van der Waals surface area contributed by atoms with Crippen molar-refractivity contribution in [2.45, 2.75) is 20.4 Å². The quantitative estimate of drug-likeness (QED) is 0.577. The van der Waals surface area contributed by atoms with Crippen molar-refractivity contribution in [3.63, 3.8) is 0 Å². The van der Waals surface area contributed by atoms with E-state index in [0.717, 1.165) is 11.3 Å². The van der Waals surface area contributed by atoms with Gasteiger partial charge in [-0.05, 0) is 19.4 Å². The van der Waals surface area contributed by atoms with E-state index >= 15 is 0 Å². The maximum absolute atomic E-state index is 8.31. The summed E-state index contributed by atoms with van der Waals surface area (Å²) in [6.07, 6.45) is 1.87. The lowest BCUT2D eigenvalue weighted by atomic mass is 10.3. The molecule has 0 bridgehead atoms. The molecule has 1 aromatic heterocycles. The zero-order valence-electron chi connectivity index (χ0n) is 6.13. The Hall–Kier alpha value is -1.30. The van der Waals surface area contributed by atoms with Gasteiger partial charge in [-0.2, -0.15) is 10.4 Å². The van der Waals surface area contributed by atoms with Crippen molar-refractivity contribution in [2.24, 2.45) is 0 Å². The zero-order valence-corrected chi connectivity index (χ0v) is 6.13. The highest BCUT2D eigenvalue weighted by Gasteiger charge is 1.96. The maximum Gasteiger partial charge on any atom is 0.128 e. The Balaban J connectivity index is 2.90. The molecule has 0 spiro atoms. The first-order chi connectivity index (χ1) is 4.74. The summed E-state index contributed by atoms with van der Waals surface area (Å²) < 4.78 is 1.64. The Kier molecular flexibility index (Phi) is 1.72. The molecule has 0 atom stereocenters. The topological polar surface area (TPSA) is 41.6 Å². The van der Waals surface area contributed by atoms with Crippen LogP contribution in [0.1, 0.15) is 11.3 Å². The number of aromatic nitrogens is 2. The molecule has 0 radical (unpaired) electrons. The van der Waals surface area contributed by atoms with Gasteiger partial charge in [0.1, 0.15) is 6.54 Å². The fourth-order valence-electron chi connectivity index (χ4n) is 0.771. The summed E-state index contributed by atoms with van der Waals surface area (Å²) in [5.41, 5.74) is 2.13. The number of nitrogens with zero attached hydrogens (tertiary/aromatic N) is 3. The average Bonchev–Trinajstić information content (AvgIpc) is 2.14. The summed E-state index contributed by atoms with van der Waals surface area (Å²) in [5.74, 6) is 0. The second kappa shape index (κ2) is 2.53. The van der Waals surface area contributed by atoms with Gasteiger partial charge in [-0.1, -0.05) is 0 Å². The highest BCUT2D eigenvalue weighted by atomic mass is 15.3. The SMILES string of the molecule is Cc1cn(CC#N)nc1C. The first kappa shape index (κ1) is 6.81. The van der Waals surface area contributed by atoms with E-state index < -0.39 is 0 Å². The Morgan fingerprint density at radius 1 is 1.70 bits per heavy atom. The minimum Gasteiger partial charge on any atom is -0.258 e. The maximum atomic E-state index is 8.31. The molecule has 0 fully saturated rings. The van der Waals surface area contributed by atoms with E-state index in [1.54, 1.807) is 4.68 Å². The lowest BCUT2D eigenvalue weighted by Gasteiger charge is -1.87. The Bertz CT molecular complexity index is 247. The van der Waals surface area contributed by atoms with Crippen LogP contribution in [0, 0.1) is 25.2 Å². The Morgan fingerprint density at radius 3 is 2.80 bits per heavy atom. The van der Waals surface area contributed by atoms with E-state index in [-0.39, 0.29) is 0 Å². The summed E-state index contributed by atoms with van der Waals surface area (Å²) in [6.45, 7) is 4.26. The first-order valence-electron chi connectivity index (χ1n) is 3.11. The molecule has 0 saturated carbocycles. The van der Waals surface area contributed by atoms with Crippen molar-refractivity contribution in [3.8, 4) is 6.07 Å². The number of hydrogen-bond donors (Lipinski definition) is 0. The monoisotopic (exact) mass is 135 g/mol. The highest BCUT2D eigenvalue weighted by molar-refractivity contribution is 5.12. The smallest absolute Gasteiger partial charge is 0.128 e. The normalized spacial score (nSPS) is 9.30. The molecule has 10 heavy (non-hydrogen) atoms. The third-order valence-corrected chi connectivity index (χ3v) is 1.42. The molecule has 3 nitrogen and oxygen atoms in total. The van der Waals surface area contributed by atoms with Crippen molar-refractivity contribution >= 4 is 0 Å². The molecule has 1 aromatic rings. The van der Waals surface area contributed by atoms with E-state index in [2.05, 4.69) is 5.10 Å². The fraction of sp³-hybridized carbons (Fsp3) is 0.429. The first-order valence-corrected chi connectivity index (χ1v) is 3.11. The molecule has 0 saturated heterocycles. The second-order valence-electron chi connectivity index (χ2n) is 2.25. The second-order valence-corrected chi connectivity index (χ2v) is 2.25. The molecular weight excluding hydrogens is 126 g/mol. The van der Waals surface area contributed by atoms with Gasteiger partial charge in [0.15, 0.2) is 0 Å². The van der Waals surface area contributed by atoms with Gasteiger partial charge in [0.25, 0.3) is 0 Å². The van der Waals surface area contributed by atoms with Gasteiger partial charge in [0.2, 0.25) is 0 Å². The van der Waals surface area contributed by atoms with Gasteiger partial charge in [0.05, 0.1) is 11.8 Å².